The van der Waals surface area contributed by atoms with Gasteiger partial charge in [0.15, 0.2) is 6.29 Å². The number of aliphatic hydroxyl groups excluding tert-OH is 1. The van der Waals surface area contributed by atoms with Crippen molar-refractivity contribution in [2.75, 3.05) is 0 Å². The van der Waals surface area contributed by atoms with E-state index < -0.39 is 17.3 Å². The molecule has 1 aliphatic carbocycles. The topological polar surface area (TPSA) is 72.6 Å². The van der Waals surface area contributed by atoms with Crippen molar-refractivity contribution in [3.05, 3.63) is 0 Å². The SMILES string of the molecule is CC(C)(C[C@@H](C1CC1)[C@@H]1CCC(I)C(O)O1)S(N)=O. The molecule has 6 heteroatoms. The van der Waals surface area contributed by atoms with Crippen molar-refractivity contribution in [2.24, 2.45) is 17.0 Å². The minimum Gasteiger partial charge on any atom is -0.367 e. The fraction of sp³-hybridized carbons (Fsp3) is 1.00. The number of rotatable bonds is 5. The zero-order valence-corrected chi connectivity index (χ0v) is 14.5. The first-order valence-electron chi connectivity index (χ1n) is 6.95. The van der Waals surface area contributed by atoms with Gasteiger partial charge in [-0.05, 0) is 57.8 Å². The Morgan fingerprint density at radius 3 is 2.53 bits per heavy atom. The van der Waals surface area contributed by atoms with Gasteiger partial charge in [0.05, 0.1) is 25.8 Å². The molecule has 5 atom stereocenters. The zero-order valence-electron chi connectivity index (χ0n) is 11.5. The van der Waals surface area contributed by atoms with Crippen LogP contribution in [-0.2, 0) is 15.7 Å². The van der Waals surface area contributed by atoms with Gasteiger partial charge in [-0.3, -0.25) is 5.14 Å². The van der Waals surface area contributed by atoms with Crippen LogP contribution in [0.3, 0.4) is 0 Å². The van der Waals surface area contributed by atoms with E-state index >= 15 is 0 Å². The Kier molecular flexibility index (Phi) is 5.31. The van der Waals surface area contributed by atoms with E-state index in [0.29, 0.717) is 11.8 Å². The number of ether oxygens (including phenoxy) is 1. The van der Waals surface area contributed by atoms with E-state index in [9.17, 15) is 9.32 Å². The van der Waals surface area contributed by atoms with Gasteiger partial charge >= 0.3 is 0 Å². The van der Waals surface area contributed by atoms with Gasteiger partial charge in [-0.15, -0.1) is 0 Å². The Balaban J connectivity index is 2.02. The van der Waals surface area contributed by atoms with Gasteiger partial charge in [0.2, 0.25) is 0 Å². The summed E-state index contributed by atoms with van der Waals surface area (Å²) >= 11 is 2.24. The van der Waals surface area contributed by atoms with Crippen LogP contribution in [0.5, 0.6) is 0 Å². The second-order valence-corrected chi connectivity index (χ2v) is 9.72. The first-order valence-corrected chi connectivity index (χ1v) is 9.41. The van der Waals surface area contributed by atoms with Crippen LogP contribution in [0.15, 0.2) is 0 Å². The lowest BCUT2D eigenvalue weighted by molar-refractivity contribution is -0.174. The number of alkyl halides is 1. The molecule has 0 aromatic carbocycles. The maximum Gasteiger partial charge on any atom is 0.166 e. The van der Waals surface area contributed by atoms with Gasteiger partial charge in [-0.2, -0.15) is 0 Å². The van der Waals surface area contributed by atoms with Crippen molar-refractivity contribution in [3.63, 3.8) is 0 Å². The van der Waals surface area contributed by atoms with Gasteiger partial charge in [0.25, 0.3) is 0 Å². The average molecular weight is 401 g/mol. The van der Waals surface area contributed by atoms with Crippen LogP contribution in [-0.4, -0.2) is 30.4 Å². The Morgan fingerprint density at radius 1 is 1.42 bits per heavy atom. The Labute approximate surface area is 131 Å². The summed E-state index contributed by atoms with van der Waals surface area (Å²) in [6, 6.07) is 0. The second kappa shape index (κ2) is 6.25. The first kappa shape index (κ1) is 16.1. The standard InChI is InChI=1S/C13H24INO3S/c1-13(2,19(15)17)7-9(8-3-4-8)11-6-5-10(14)12(16)18-11/h8-12,16H,3-7,15H2,1-2H3/t9-,10?,11-,12?,19?/m0/s1. The summed E-state index contributed by atoms with van der Waals surface area (Å²) in [7, 11) is -1.32. The van der Waals surface area contributed by atoms with Gasteiger partial charge in [0.1, 0.15) is 0 Å². The molecule has 1 saturated carbocycles. The number of hydrogen-bond donors (Lipinski definition) is 2. The van der Waals surface area contributed by atoms with Gasteiger partial charge < -0.3 is 9.84 Å². The van der Waals surface area contributed by atoms with Crippen LogP contribution in [0.4, 0.5) is 0 Å². The molecule has 0 spiro atoms. The average Bonchev–Trinajstić information content (AvgIpc) is 3.14. The van der Waals surface area contributed by atoms with Crippen LogP contribution in [0.1, 0.15) is 46.0 Å². The largest absolute Gasteiger partial charge is 0.367 e. The Bertz CT molecular complexity index is 349. The molecule has 4 nitrogen and oxygen atoms in total. The number of hydrogen-bond acceptors (Lipinski definition) is 3. The van der Waals surface area contributed by atoms with Crippen molar-refractivity contribution in [1.82, 2.24) is 0 Å². The highest BCUT2D eigenvalue weighted by Crippen LogP contribution is 2.46. The first-order chi connectivity index (χ1) is 8.81. The fourth-order valence-corrected chi connectivity index (χ4v) is 3.78. The lowest BCUT2D eigenvalue weighted by atomic mass is 9.84. The van der Waals surface area contributed by atoms with E-state index in [-0.39, 0.29) is 14.8 Å². The number of nitrogens with two attached hydrogens (primary N) is 1. The van der Waals surface area contributed by atoms with Crippen molar-refractivity contribution in [2.45, 2.75) is 67.0 Å². The molecule has 0 radical (unpaired) electrons. The smallest absolute Gasteiger partial charge is 0.166 e. The summed E-state index contributed by atoms with van der Waals surface area (Å²) in [5.41, 5.74) is 0. The monoisotopic (exact) mass is 401 g/mol. The molecule has 19 heavy (non-hydrogen) atoms. The minimum absolute atomic E-state index is 0.0938. The third-order valence-electron chi connectivity index (χ3n) is 4.33. The summed E-state index contributed by atoms with van der Waals surface area (Å²) < 4.78 is 17.2. The molecule has 1 heterocycles. The lowest BCUT2D eigenvalue weighted by Crippen LogP contribution is -2.43. The van der Waals surface area contributed by atoms with Gasteiger partial charge in [-0.25, -0.2) is 4.21 Å². The summed E-state index contributed by atoms with van der Waals surface area (Å²) in [6.07, 6.45) is 4.66. The highest BCUT2D eigenvalue weighted by Gasteiger charge is 2.44. The molecular weight excluding hydrogens is 377 g/mol. The van der Waals surface area contributed by atoms with E-state index in [1.165, 1.54) is 12.8 Å². The van der Waals surface area contributed by atoms with Crippen molar-refractivity contribution < 1.29 is 14.1 Å². The van der Waals surface area contributed by atoms with Crippen LogP contribution in [0.25, 0.3) is 0 Å². The summed E-state index contributed by atoms with van der Waals surface area (Å²) in [5.74, 6) is 1.03. The van der Waals surface area contributed by atoms with E-state index in [1.54, 1.807) is 0 Å². The second-order valence-electron chi connectivity index (χ2n) is 6.42. The molecule has 2 rings (SSSR count). The molecule has 2 aliphatic rings. The van der Waals surface area contributed by atoms with Crippen molar-refractivity contribution in [1.29, 1.82) is 0 Å². The maximum atomic E-state index is 11.6. The highest BCUT2D eigenvalue weighted by atomic mass is 127. The maximum absolute atomic E-state index is 11.6. The molecule has 2 fully saturated rings. The van der Waals surface area contributed by atoms with Gasteiger partial charge in [0, 0.05) is 0 Å². The van der Waals surface area contributed by atoms with Crippen molar-refractivity contribution in [3.8, 4) is 0 Å². The van der Waals surface area contributed by atoms with E-state index in [0.717, 1.165) is 19.3 Å². The fourth-order valence-electron chi connectivity index (χ4n) is 2.89. The molecule has 112 valence electrons. The third kappa shape index (κ3) is 4.12. The van der Waals surface area contributed by atoms with Crippen LogP contribution >= 0.6 is 22.6 Å². The quantitative estimate of drug-likeness (QED) is 0.548. The number of aliphatic hydroxyl groups is 1. The van der Waals surface area contributed by atoms with E-state index in [2.05, 4.69) is 22.6 Å². The molecule has 0 amide bonds. The Hall–Kier alpha value is 0.760. The van der Waals surface area contributed by atoms with Crippen LogP contribution < -0.4 is 5.14 Å². The molecule has 0 bridgehead atoms. The molecule has 1 aliphatic heterocycles. The third-order valence-corrected chi connectivity index (χ3v) is 6.82. The molecule has 1 saturated heterocycles. The predicted octanol–water partition coefficient (Wildman–Crippen LogP) is 2.10. The normalized spacial score (nSPS) is 35.9. The molecule has 3 unspecified atom stereocenters. The van der Waals surface area contributed by atoms with Crippen LogP contribution in [0.2, 0.25) is 0 Å². The van der Waals surface area contributed by atoms with E-state index in [4.69, 9.17) is 9.88 Å². The molecule has 0 aromatic rings. The zero-order chi connectivity index (χ0) is 14.2. The molecule has 3 N–H and O–H groups in total. The highest BCUT2D eigenvalue weighted by molar-refractivity contribution is 14.1. The summed E-state index contributed by atoms with van der Waals surface area (Å²) in [6.45, 7) is 3.91. The van der Waals surface area contributed by atoms with Crippen molar-refractivity contribution >= 4 is 33.6 Å². The summed E-state index contributed by atoms with van der Waals surface area (Å²) in [5, 5.41) is 15.5. The van der Waals surface area contributed by atoms with Crippen LogP contribution in [0, 0.1) is 11.8 Å². The van der Waals surface area contributed by atoms with Gasteiger partial charge in [-0.1, -0.05) is 22.6 Å². The molecular formula is C13H24INO3S. The summed E-state index contributed by atoms with van der Waals surface area (Å²) in [4.78, 5) is 0. The Morgan fingerprint density at radius 2 is 2.05 bits per heavy atom. The number of halogens is 1. The lowest BCUT2D eigenvalue weighted by Gasteiger charge is -2.38. The predicted molar refractivity (Wildman–Crippen MR) is 85.2 cm³/mol. The van der Waals surface area contributed by atoms with E-state index in [1.807, 2.05) is 13.8 Å². The minimum atomic E-state index is -1.32. The molecule has 0 aromatic heterocycles.